The lowest BCUT2D eigenvalue weighted by atomic mass is 10.1. The summed E-state index contributed by atoms with van der Waals surface area (Å²) in [5, 5.41) is 0. The molecule has 0 saturated heterocycles. The average molecular weight is 210 g/mol. The van der Waals surface area contributed by atoms with E-state index in [0.29, 0.717) is 13.0 Å². The molecule has 0 radical (unpaired) electrons. The molecule has 1 atom stereocenters. The zero-order valence-corrected chi connectivity index (χ0v) is 9.02. The van der Waals surface area contributed by atoms with Gasteiger partial charge in [-0.25, -0.2) is 4.98 Å². The quantitative estimate of drug-likeness (QED) is 0.684. The highest BCUT2D eigenvalue weighted by molar-refractivity contribution is 5.83. The van der Waals surface area contributed by atoms with Crippen molar-refractivity contribution >= 4 is 5.91 Å². The van der Waals surface area contributed by atoms with Crippen LogP contribution in [0.2, 0.25) is 0 Å². The van der Waals surface area contributed by atoms with E-state index in [0.717, 1.165) is 18.5 Å². The van der Waals surface area contributed by atoms with Gasteiger partial charge in [0.05, 0.1) is 11.7 Å². The second kappa shape index (κ2) is 5.63. The third-order valence-corrected chi connectivity index (χ3v) is 2.25. The van der Waals surface area contributed by atoms with E-state index in [-0.39, 0.29) is 5.91 Å². The molecule has 0 fully saturated rings. The fourth-order valence-corrected chi connectivity index (χ4v) is 1.37. The van der Waals surface area contributed by atoms with Gasteiger partial charge in [0.2, 0.25) is 5.91 Å². The van der Waals surface area contributed by atoms with Gasteiger partial charge in [-0.3, -0.25) is 9.36 Å². The lowest BCUT2D eigenvalue weighted by Gasteiger charge is -2.09. The Kier molecular flexibility index (Phi) is 4.45. The first-order chi connectivity index (χ1) is 7.15. The number of nitrogens with zero attached hydrogens (tertiary/aromatic N) is 2. The van der Waals surface area contributed by atoms with Gasteiger partial charge >= 0.3 is 0 Å². The van der Waals surface area contributed by atoms with Crippen LogP contribution in [0.25, 0.3) is 0 Å². The molecule has 0 spiro atoms. The Hall–Kier alpha value is -1.20. The van der Waals surface area contributed by atoms with Crippen LogP contribution < -0.4 is 11.5 Å². The molecule has 0 unspecified atom stereocenters. The van der Waals surface area contributed by atoms with Gasteiger partial charge in [0.15, 0.2) is 0 Å². The molecule has 1 aromatic rings. The molecule has 1 heterocycles. The number of unbranched alkanes of at least 4 members (excludes halogenated alkanes) is 1. The summed E-state index contributed by atoms with van der Waals surface area (Å²) in [6.07, 6.45) is 5.65. The van der Waals surface area contributed by atoms with Crippen molar-refractivity contribution in [3.63, 3.8) is 0 Å². The van der Waals surface area contributed by atoms with Gasteiger partial charge in [-0.05, 0) is 26.3 Å². The first kappa shape index (κ1) is 11.9. The topological polar surface area (TPSA) is 86.9 Å². The van der Waals surface area contributed by atoms with Gasteiger partial charge in [0, 0.05) is 6.20 Å². The molecule has 5 heteroatoms. The molecular weight excluding hydrogens is 192 g/mol. The predicted octanol–water partition coefficient (Wildman–Crippen LogP) is 0.288. The van der Waals surface area contributed by atoms with Crippen LogP contribution in [0.5, 0.6) is 0 Å². The van der Waals surface area contributed by atoms with Gasteiger partial charge in [0.25, 0.3) is 0 Å². The van der Waals surface area contributed by atoms with E-state index < -0.39 is 6.04 Å². The van der Waals surface area contributed by atoms with Crippen molar-refractivity contribution in [3.8, 4) is 0 Å². The minimum Gasteiger partial charge on any atom is -0.330 e. The molecule has 1 aromatic heterocycles. The Labute approximate surface area is 89.5 Å². The molecule has 0 bridgehead atoms. The molecule has 1 rings (SSSR count). The molecule has 0 amide bonds. The van der Waals surface area contributed by atoms with Gasteiger partial charge in [-0.2, -0.15) is 0 Å². The van der Waals surface area contributed by atoms with Gasteiger partial charge in [-0.1, -0.05) is 6.42 Å². The molecular formula is C10H18N4O. The average Bonchev–Trinajstić information content (AvgIpc) is 2.64. The smallest absolute Gasteiger partial charge is 0.248 e. The van der Waals surface area contributed by atoms with Crippen LogP contribution in [0.1, 0.15) is 29.8 Å². The van der Waals surface area contributed by atoms with E-state index in [9.17, 15) is 4.79 Å². The molecule has 0 saturated carbocycles. The van der Waals surface area contributed by atoms with Gasteiger partial charge in [0.1, 0.15) is 6.33 Å². The summed E-state index contributed by atoms with van der Waals surface area (Å²) in [5.41, 5.74) is 11.9. The minimum atomic E-state index is -0.454. The van der Waals surface area contributed by atoms with Crippen molar-refractivity contribution in [2.75, 3.05) is 6.54 Å². The summed E-state index contributed by atoms with van der Waals surface area (Å²) in [4.78, 5) is 15.7. The number of carbonyl (C=O) groups excluding carboxylic acids is 1. The zero-order valence-electron chi connectivity index (χ0n) is 9.02. The second-order valence-corrected chi connectivity index (χ2v) is 3.65. The van der Waals surface area contributed by atoms with Crippen molar-refractivity contribution < 1.29 is 4.79 Å². The zero-order chi connectivity index (χ0) is 11.3. The number of hydrogen-bond acceptors (Lipinski definition) is 4. The molecule has 0 aliphatic carbocycles. The van der Waals surface area contributed by atoms with Crippen LogP contribution in [0.15, 0.2) is 12.5 Å². The van der Waals surface area contributed by atoms with Crippen LogP contribution in [-0.2, 0) is 0 Å². The summed E-state index contributed by atoms with van der Waals surface area (Å²) < 4.78 is 1.45. The fourth-order valence-electron chi connectivity index (χ4n) is 1.37. The van der Waals surface area contributed by atoms with E-state index in [1.165, 1.54) is 10.9 Å². The Bertz CT molecular complexity index is 321. The van der Waals surface area contributed by atoms with E-state index in [1.807, 2.05) is 6.92 Å². The SMILES string of the molecule is Cc1cn(C(=O)[C@@H](N)CCCCN)cn1. The molecule has 15 heavy (non-hydrogen) atoms. The Morgan fingerprint density at radius 1 is 1.60 bits per heavy atom. The molecule has 0 aliphatic heterocycles. The summed E-state index contributed by atoms with van der Waals surface area (Å²) >= 11 is 0. The maximum Gasteiger partial charge on any atom is 0.248 e. The van der Waals surface area contributed by atoms with Crippen LogP contribution in [-0.4, -0.2) is 28.0 Å². The van der Waals surface area contributed by atoms with Crippen molar-refractivity contribution in [3.05, 3.63) is 18.2 Å². The summed E-state index contributed by atoms with van der Waals surface area (Å²) in [7, 11) is 0. The van der Waals surface area contributed by atoms with Gasteiger partial charge < -0.3 is 11.5 Å². The largest absolute Gasteiger partial charge is 0.330 e. The van der Waals surface area contributed by atoms with Crippen molar-refractivity contribution in [1.82, 2.24) is 9.55 Å². The van der Waals surface area contributed by atoms with E-state index >= 15 is 0 Å². The number of hydrogen-bond donors (Lipinski definition) is 2. The van der Waals surface area contributed by atoms with Crippen LogP contribution >= 0.6 is 0 Å². The Balaban J connectivity index is 2.46. The van der Waals surface area contributed by atoms with Crippen molar-refractivity contribution in [2.45, 2.75) is 32.2 Å². The number of aryl methyl sites for hydroxylation is 1. The minimum absolute atomic E-state index is 0.104. The molecule has 5 nitrogen and oxygen atoms in total. The highest BCUT2D eigenvalue weighted by Gasteiger charge is 2.14. The number of nitrogens with two attached hydrogens (primary N) is 2. The molecule has 84 valence electrons. The van der Waals surface area contributed by atoms with E-state index in [1.54, 1.807) is 6.20 Å². The molecule has 0 aromatic carbocycles. The lowest BCUT2D eigenvalue weighted by Crippen LogP contribution is -2.34. The first-order valence-electron chi connectivity index (χ1n) is 5.15. The maximum atomic E-state index is 11.7. The molecule has 4 N–H and O–H groups in total. The third kappa shape index (κ3) is 3.45. The molecule has 0 aliphatic rings. The van der Waals surface area contributed by atoms with Crippen LogP contribution in [0, 0.1) is 6.92 Å². The van der Waals surface area contributed by atoms with Crippen LogP contribution in [0.3, 0.4) is 0 Å². The monoisotopic (exact) mass is 210 g/mol. The predicted molar refractivity (Wildman–Crippen MR) is 58.5 cm³/mol. The Morgan fingerprint density at radius 2 is 2.33 bits per heavy atom. The fraction of sp³-hybridized carbons (Fsp3) is 0.600. The first-order valence-corrected chi connectivity index (χ1v) is 5.15. The number of rotatable bonds is 5. The second-order valence-electron chi connectivity index (χ2n) is 3.65. The van der Waals surface area contributed by atoms with Gasteiger partial charge in [-0.15, -0.1) is 0 Å². The van der Waals surface area contributed by atoms with Crippen molar-refractivity contribution in [1.29, 1.82) is 0 Å². The highest BCUT2D eigenvalue weighted by Crippen LogP contribution is 2.02. The summed E-state index contributed by atoms with van der Waals surface area (Å²) in [5.74, 6) is -0.104. The summed E-state index contributed by atoms with van der Waals surface area (Å²) in [6, 6.07) is -0.454. The van der Waals surface area contributed by atoms with E-state index in [2.05, 4.69) is 4.98 Å². The Morgan fingerprint density at radius 3 is 2.87 bits per heavy atom. The van der Waals surface area contributed by atoms with E-state index in [4.69, 9.17) is 11.5 Å². The summed E-state index contributed by atoms with van der Waals surface area (Å²) in [6.45, 7) is 2.48. The third-order valence-electron chi connectivity index (χ3n) is 2.25. The number of imidazole rings is 1. The highest BCUT2D eigenvalue weighted by atomic mass is 16.2. The van der Waals surface area contributed by atoms with Crippen molar-refractivity contribution in [2.24, 2.45) is 11.5 Å². The lowest BCUT2D eigenvalue weighted by molar-refractivity contribution is 0.0873. The number of aromatic nitrogens is 2. The standard InChI is InChI=1S/C10H18N4O/c1-8-6-14(7-13-8)10(15)9(12)4-2-3-5-11/h6-7,9H,2-5,11-12H2,1H3/t9-/m0/s1. The maximum absolute atomic E-state index is 11.7. The normalized spacial score (nSPS) is 12.7. The van der Waals surface area contributed by atoms with Crippen LogP contribution in [0.4, 0.5) is 0 Å². The number of carbonyl (C=O) groups is 1.